The smallest absolute Gasteiger partial charge is 0.249 e. The molecule has 1 saturated heterocycles. The van der Waals surface area contributed by atoms with Crippen LogP contribution >= 0.6 is 11.8 Å². The van der Waals surface area contributed by atoms with E-state index in [0.717, 1.165) is 11.8 Å². The molecule has 3 atom stereocenters. The number of nitrogens with one attached hydrogen (secondary N) is 2. The quantitative estimate of drug-likeness (QED) is 0.480. The molecule has 28 heavy (non-hydrogen) atoms. The van der Waals surface area contributed by atoms with Crippen LogP contribution in [0.5, 0.6) is 0 Å². The summed E-state index contributed by atoms with van der Waals surface area (Å²) in [5, 5.41) is 14.7. The molecule has 0 spiro atoms. The third-order valence-corrected chi connectivity index (χ3v) is 5.62. The number of carbonyl (C=O) groups is 3. The topological polar surface area (TPSA) is 114 Å². The van der Waals surface area contributed by atoms with Gasteiger partial charge in [0.25, 0.3) is 0 Å². The van der Waals surface area contributed by atoms with Crippen LogP contribution in [-0.4, -0.2) is 65.5 Å². The second-order valence-corrected chi connectivity index (χ2v) is 9.36. The van der Waals surface area contributed by atoms with E-state index in [1.54, 1.807) is 27.7 Å². The van der Waals surface area contributed by atoms with Crippen LogP contribution in [0.4, 0.5) is 0 Å². The van der Waals surface area contributed by atoms with Gasteiger partial charge in [-0.25, -0.2) is 0 Å². The largest absolute Gasteiger partial charge is 0.393 e. The molecule has 1 rings (SSSR count). The van der Waals surface area contributed by atoms with E-state index in [1.807, 2.05) is 13.8 Å². The van der Waals surface area contributed by atoms with Crippen molar-refractivity contribution in [2.45, 2.75) is 66.0 Å². The summed E-state index contributed by atoms with van der Waals surface area (Å²) >= 11 is 1.09. The number of thioether (sulfide) groups is 1. The van der Waals surface area contributed by atoms with Gasteiger partial charge in [-0.05, 0) is 20.8 Å². The molecule has 0 aliphatic carbocycles. The predicted molar refractivity (Wildman–Crippen MR) is 108 cm³/mol. The standard InChI is InChI=1S/C19H34N2O6S/c1-12(13(2)22)17(25)28-10-9-20-14(23)7-8-21-16(24)15-18(3,4)11-26-19(5,6)27-15/h12-13,15,22H,7-11H2,1-6H3,(H,20,23)(H,21,24)/t12?,13-,15+/m1/s1. The predicted octanol–water partition coefficient (Wildman–Crippen LogP) is 1.06. The van der Waals surface area contributed by atoms with Gasteiger partial charge in [0, 0.05) is 30.7 Å². The molecule has 1 fully saturated rings. The van der Waals surface area contributed by atoms with Crippen molar-refractivity contribution >= 4 is 28.7 Å². The highest BCUT2D eigenvalue weighted by Crippen LogP contribution is 2.34. The average molecular weight is 419 g/mol. The van der Waals surface area contributed by atoms with Crippen LogP contribution in [0.1, 0.15) is 48.0 Å². The molecule has 0 aromatic rings. The summed E-state index contributed by atoms with van der Waals surface area (Å²) in [6.07, 6.45) is -1.20. The normalized spacial score (nSPS) is 22.8. The third kappa shape index (κ3) is 8.06. The fourth-order valence-electron chi connectivity index (χ4n) is 2.47. The monoisotopic (exact) mass is 418 g/mol. The third-order valence-electron chi connectivity index (χ3n) is 4.56. The zero-order chi connectivity index (χ0) is 21.5. The summed E-state index contributed by atoms with van der Waals surface area (Å²) in [7, 11) is 0. The summed E-state index contributed by atoms with van der Waals surface area (Å²) in [6.45, 7) is 11.5. The van der Waals surface area contributed by atoms with Crippen molar-refractivity contribution in [1.29, 1.82) is 0 Å². The van der Waals surface area contributed by atoms with E-state index in [1.165, 1.54) is 0 Å². The van der Waals surface area contributed by atoms with E-state index in [9.17, 15) is 19.5 Å². The first-order valence-electron chi connectivity index (χ1n) is 9.56. The first-order valence-corrected chi connectivity index (χ1v) is 10.5. The Morgan fingerprint density at radius 1 is 1.14 bits per heavy atom. The fourth-order valence-corrected chi connectivity index (χ4v) is 3.34. The maximum absolute atomic E-state index is 12.5. The van der Waals surface area contributed by atoms with Crippen molar-refractivity contribution in [3.05, 3.63) is 0 Å². The Bertz CT molecular complexity index is 565. The van der Waals surface area contributed by atoms with E-state index in [4.69, 9.17) is 9.47 Å². The first kappa shape index (κ1) is 24.9. The molecule has 1 aliphatic rings. The number of amides is 2. The first-order chi connectivity index (χ1) is 12.9. The summed E-state index contributed by atoms with van der Waals surface area (Å²) in [4.78, 5) is 36.1. The second-order valence-electron chi connectivity index (χ2n) is 8.26. The van der Waals surface area contributed by atoms with Crippen molar-refractivity contribution in [2.24, 2.45) is 11.3 Å². The maximum Gasteiger partial charge on any atom is 0.249 e. The van der Waals surface area contributed by atoms with Gasteiger partial charge in [0.1, 0.15) is 6.10 Å². The van der Waals surface area contributed by atoms with Crippen LogP contribution in [0.3, 0.4) is 0 Å². The Kier molecular flexibility index (Phi) is 9.39. The minimum Gasteiger partial charge on any atom is -0.393 e. The van der Waals surface area contributed by atoms with Crippen molar-refractivity contribution in [3.63, 3.8) is 0 Å². The zero-order valence-corrected chi connectivity index (χ0v) is 18.5. The molecule has 9 heteroatoms. The highest BCUT2D eigenvalue weighted by Gasteiger charge is 2.45. The Labute approximate surface area is 171 Å². The van der Waals surface area contributed by atoms with Gasteiger partial charge in [-0.2, -0.15) is 0 Å². The van der Waals surface area contributed by atoms with Gasteiger partial charge in [0.2, 0.25) is 11.8 Å². The van der Waals surface area contributed by atoms with Crippen molar-refractivity contribution in [2.75, 3.05) is 25.4 Å². The molecule has 1 heterocycles. The van der Waals surface area contributed by atoms with Crippen molar-refractivity contribution < 1.29 is 29.0 Å². The fraction of sp³-hybridized carbons (Fsp3) is 0.842. The number of aliphatic hydroxyl groups excluding tert-OH is 1. The van der Waals surface area contributed by atoms with E-state index in [2.05, 4.69) is 10.6 Å². The Morgan fingerprint density at radius 2 is 1.79 bits per heavy atom. The minimum absolute atomic E-state index is 0.0986. The number of aliphatic hydroxyl groups is 1. The molecular weight excluding hydrogens is 384 g/mol. The molecule has 0 saturated carbocycles. The number of carbonyl (C=O) groups excluding carboxylic acids is 3. The number of rotatable bonds is 9. The summed E-state index contributed by atoms with van der Waals surface area (Å²) in [6, 6.07) is 0. The van der Waals surface area contributed by atoms with Crippen LogP contribution in [0.25, 0.3) is 0 Å². The SMILES string of the molecule is CC(C(=O)SCCNC(=O)CCNC(=O)[C@@H]1OC(C)(C)OCC1(C)C)[C@@H](C)O. The van der Waals surface area contributed by atoms with Gasteiger partial charge in [-0.3, -0.25) is 14.4 Å². The van der Waals surface area contributed by atoms with Crippen LogP contribution < -0.4 is 10.6 Å². The number of ether oxygens (including phenoxy) is 2. The lowest BCUT2D eigenvalue weighted by atomic mass is 9.85. The molecule has 3 N–H and O–H groups in total. The van der Waals surface area contributed by atoms with Crippen LogP contribution in [0.2, 0.25) is 0 Å². The van der Waals surface area contributed by atoms with E-state index in [-0.39, 0.29) is 29.9 Å². The van der Waals surface area contributed by atoms with Gasteiger partial charge in [0.05, 0.1) is 18.6 Å². The van der Waals surface area contributed by atoms with Crippen LogP contribution in [0.15, 0.2) is 0 Å². The summed E-state index contributed by atoms with van der Waals surface area (Å²) in [5.41, 5.74) is -0.463. The highest BCUT2D eigenvalue weighted by molar-refractivity contribution is 8.13. The molecule has 2 amide bonds. The van der Waals surface area contributed by atoms with Gasteiger partial charge in [0.15, 0.2) is 10.9 Å². The van der Waals surface area contributed by atoms with Gasteiger partial charge >= 0.3 is 0 Å². The van der Waals surface area contributed by atoms with Crippen LogP contribution in [-0.2, 0) is 23.9 Å². The Hall–Kier alpha value is -1.16. The van der Waals surface area contributed by atoms with E-state index >= 15 is 0 Å². The zero-order valence-electron chi connectivity index (χ0n) is 17.7. The summed E-state index contributed by atoms with van der Waals surface area (Å²) < 4.78 is 11.4. The van der Waals surface area contributed by atoms with Gasteiger partial charge in [-0.1, -0.05) is 32.5 Å². The molecular formula is C19H34N2O6S. The molecule has 8 nitrogen and oxygen atoms in total. The molecule has 0 aromatic heterocycles. The molecule has 1 unspecified atom stereocenters. The molecule has 1 aliphatic heterocycles. The Balaban J connectivity index is 2.27. The van der Waals surface area contributed by atoms with E-state index in [0.29, 0.717) is 18.9 Å². The molecule has 0 aromatic carbocycles. The lowest BCUT2D eigenvalue weighted by Crippen LogP contribution is -2.56. The minimum atomic E-state index is -0.824. The van der Waals surface area contributed by atoms with Crippen molar-refractivity contribution in [3.8, 4) is 0 Å². The van der Waals surface area contributed by atoms with Gasteiger partial charge in [-0.15, -0.1) is 0 Å². The van der Waals surface area contributed by atoms with E-state index < -0.39 is 29.3 Å². The van der Waals surface area contributed by atoms with Crippen LogP contribution in [0, 0.1) is 11.3 Å². The number of hydrogen-bond donors (Lipinski definition) is 3. The molecule has 162 valence electrons. The maximum atomic E-state index is 12.5. The average Bonchev–Trinajstić information content (AvgIpc) is 2.60. The lowest BCUT2D eigenvalue weighted by molar-refractivity contribution is -0.304. The van der Waals surface area contributed by atoms with Gasteiger partial charge < -0.3 is 25.2 Å². The molecule has 0 bridgehead atoms. The second kappa shape index (κ2) is 10.6. The Morgan fingerprint density at radius 3 is 2.39 bits per heavy atom. The summed E-state index contributed by atoms with van der Waals surface area (Å²) in [5.74, 6) is -1.29. The molecule has 0 radical (unpaired) electrons. The van der Waals surface area contributed by atoms with Crippen molar-refractivity contribution in [1.82, 2.24) is 10.6 Å². The highest BCUT2D eigenvalue weighted by atomic mass is 32.2. The number of hydrogen-bond acceptors (Lipinski definition) is 7. The lowest BCUT2D eigenvalue weighted by Gasteiger charge is -2.44.